The van der Waals surface area contributed by atoms with Crippen molar-refractivity contribution in [3.8, 4) is 0 Å². The fraction of sp³-hybridized carbons (Fsp3) is 0.914. The Hall–Kier alpha value is -1.85. The van der Waals surface area contributed by atoms with E-state index in [4.69, 9.17) is 14.2 Å². The van der Waals surface area contributed by atoms with Crippen molar-refractivity contribution in [2.75, 3.05) is 13.2 Å². The highest BCUT2D eigenvalue weighted by Gasteiger charge is 2.19. The van der Waals surface area contributed by atoms with Crippen LogP contribution in [0.15, 0.2) is 12.2 Å². The van der Waals surface area contributed by atoms with Crippen LogP contribution in [0.25, 0.3) is 0 Å². The number of ether oxygens (including phenoxy) is 3. The summed E-state index contributed by atoms with van der Waals surface area (Å²) in [4.78, 5) is 37.9. The molecule has 0 bridgehead atoms. The van der Waals surface area contributed by atoms with Crippen LogP contribution in [0.2, 0.25) is 0 Å². The summed E-state index contributed by atoms with van der Waals surface area (Å²) < 4.78 is 16.8. The fourth-order valence-electron chi connectivity index (χ4n) is 8.68. The van der Waals surface area contributed by atoms with Gasteiger partial charge in [-0.2, -0.15) is 0 Å². The van der Waals surface area contributed by atoms with Crippen molar-refractivity contribution in [2.45, 2.75) is 329 Å². The molecule has 0 amide bonds. The zero-order valence-corrected chi connectivity index (χ0v) is 43.3. The number of hydrogen-bond donors (Lipinski definition) is 0. The van der Waals surface area contributed by atoms with E-state index in [1.54, 1.807) is 0 Å². The highest BCUT2D eigenvalue weighted by molar-refractivity contribution is 5.71. The van der Waals surface area contributed by atoms with Crippen LogP contribution in [-0.4, -0.2) is 37.2 Å². The predicted octanol–water partition coefficient (Wildman–Crippen LogP) is 18.9. The molecule has 0 aromatic rings. The second kappa shape index (κ2) is 53.8. The molecule has 0 aliphatic rings. The molecule has 0 saturated carbocycles. The minimum Gasteiger partial charge on any atom is -0.462 e. The van der Waals surface area contributed by atoms with E-state index < -0.39 is 6.10 Å². The lowest BCUT2D eigenvalue weighted by atomic mass is 10.0. The molecule has 0 heterocycles. The van der Waals surface area contributed by atoms with E-state index in [0.29, 0.717) is 19.3 Å². The van der Waals surface area contributed by atoms with Gasteiger partial charge in [0, 0.05) is 19.3 Å². The van der Waals surface area contributed by atoms with Gasteiger partial charge in [-0.05, 0) is 44.9 Å². The van der Waals surface area contributed by atoms with Gasteiger partial charge >= 0.3 is 17.9 Å². The third-order valence-electron chi connectivity index (χ3n) is 13.0. The zero-order chi connectivity index (χ0) is 46.5. The Morgan fingerprint density at radius 3 is 0.781 bits per heavy atom. The van der Waals surface area contributed by atoms with Gasteiger partial charge in [0.15, 0.2) is 6.10 Å². The Bertz CT molecular complexity index is 993. The molecule has 0 saturated heterocycles. The molecule has 0 aliphatic carbocycles. The van der Waals surface area contributed by atoms with E-state index in [-0.39, 0.29) is 31.1 Å². The van der Waals surface area contributed by atoms with E-state index in [0.717, 1.165) is 57.8 Å². The molecule has 1 atom stereocenters. The van der Waals surface area contributed by atoms with Crippen LogP contribution in [0.4, 0.5) is 0 Å². The summed E-state index contributed by atoms with van der Waals surface area (Å²) in [5, 5.41) is 0. The molecule has 378 valence electrons. The summed E-state index contributed by atoms with van der Waals surface area (Å²) in [5.41, 5.74) is 0. The van der Waals surface area contributed by atoms with Gasteiger partial charge in [-0.3, -0.25) is 14.4 Å². The number of unbranched alkanes of at least 4 members (excludes halogenated alkanes) is 40. The normalized spacial score (nSPS) is 12.0. The summed E-state index contributed by atoms with van der Waals surface area (Å²) >= 11 is 0. The monoisotopic (exact) mass is 903 g/mol. The predicted molar refractivity (Wildman–Crippen MR) is 275 cm³/mol. The number of esters is 3. The summed E-state index contributed by atoms with van der Waals surface area (Å²) in [6, 6.07) is 0. The van der Waals surface area contributed by atoms with Gasteiger partial charge in [-0.1, -0.05) is 270 Å². The van der Waals surface area contributed by atoms with Gasteiger partial charge < -0.3 is 14.2 Å². The maximum atomic E-state index is 12.8. The number of carbonyl (C=O) groups is 3. The Kier molecular flexibility index (Phi) is 52.2. The van der Waals surface area contributed by atoms with Crippen LogP contribution in [0.5, 0.6) is 0 Å². The lowest BCUT2D eigenvalue weighted by molar-refractivity contribution is -0.167. The average molecular weight is 904 g/mol. The van der Waals surface area contributed by atoms with Crippen molar-refractivity contribution in [3.05, 3.63) is 12.2 Å². The quantitative estimate of drug-likeness (QED) is 0.0262. The van der Waals surface area contributed by atoms with Crippen molar-refractivity contribution < 1.29 is 28.6 Å². The topological polar surface area (TPSA) is 78.9 Å². The van der Waals surface area contributed by atoms with Crippen LogP contribution in [0, 0.1) is 0 Å². The number of allylic oxidation sites excluding steroid dienone is 2. The van der Waals surface area contributed by atoms with E-state index in [2.05, 4.69) is 32.9 Å². The van der Waals surface area contributed by atoms with E-state index in [1.165, 1.54) is 225 Å². The second-order valence-electron chi connectivity index (χ2n) is 19.6. The van der Waals surface area contributed by atoms with Gasteiger partial charge in [0.2, 0.25) is 0 Å². The molecule has 0 spiro atoms. The maximum absolute atomic E-state index is 12.8. The Morgan fingerprint density at radius 2 is 0.516 bits per heavy atom. The molecular formula is C58H110O6. The van der Waals surface area contributed by atoms with E-state index in [1.807, 2.05) is 0 Å². The highest BCUT2D eigenvalue weighted by Crippen LogP contribution is 2.17. The SMILES string of the molecule is CCCCCCCCCC/C=C\CCCCCCCCCCCCCCCC(=O)OCC(COC(=O)CCCCCCCCCC)OC(=O)CCCCCCCCCCCCCCC. The smallest absolute Gasteiger partial charge is 0.306 e. The molecule has 1 unspecified atom stereocenters. The van der Waals surface area contributed by atoms with Crippen molar-refractivity contribution in [3.63, 3.8) is 0 Å². The van der Waals surface area contributed by atoms with Crippen LogP contribution >= 0.6 is 0 Å². The molecule has 0 aliphatic heterocycles. The minimum atomic E-state index is -0.762. The lowest BCUT2D eigenvalue weighted by Crippen LogP contribution is -2.30. The van der Waals surface area contributed by atoms with Gasteiger partial charge in [0.05, 0.1) is 0 Å². The van der Waals surface area contributed by atoms with Crippen molar-refractivity contribution in [1.29, 1.82) is 0 Å². The van der Waals surface area contributed by atoms with E-state index in [9.17, 15) is 14.4 Å². The molecule has 0 fully saturated rings. The van der Waals surface area contributed by atoms with Gasteiger partial charge in [0.1, 0.15) is 13.2 Å². The van der Waals surface area contributed by atoms with Crippen molar-refractivity contribution in [1.82, 2.24) is 0 Å². The second-order valence-corrected chi connectivity index (χ2v) is 19.6. The van der Waals surface area contributed by atoms with Gasteiger partial charge in [-0.15, -0.1) is 0 Å². The molecule has 0 N–H and O–H groups in total. The first-order valence-corrected chi connectivity index (χ1v) is 28.7. The third-order valence-corrected chi connectivity index (χ3v) is 13.0. The first-order chi connectivity index (χ1) is 31.5. The molecule has 6 nitrogen and oxygen atoms in total. The summed E-state index contributed by atoms with van der Waals surface area (Å²) in [6.45, 7) is 6.65. The molecule has 0 aromatic carbocycles. The molecule has 0 radical (unpaired) electrons. The van der Waals surface area contributed by atoms with Crippen LogP contribution in [0.1, 0.15) is 323 Å². The number of rotatable bonds is 53. The average Bonchev–Trinajstić information content (AvgIpc) is 3.29. The molecule has 0 aromatic heterocycles. The summed E-state index contributed by atoms with van der Waals surface area (Å²) in [6.07, 6.45) is 60.8. The Balaban J connectivity index is 4.09. The molecule has 6 heteroatoms. The van der Waals surface area contributed by atoms with Crippen LogP contribution < -0.4 is 0 Å². The highest BCUT2D eigenvalue weighted by atomic mass is 16.6. The van der Waals surface area contributed by atoms with Gasteiger partial charge in [-0.25, -0.2) is 0 Å². The third kappa shape index (κ3) is 51.1. The number of carbonyl (C=O) groups excluding carboxylic acids is 3. The van der Waals surface area contributed by atoms with Crippen molar-refractivity contribution >= 4 is 17.9 Å². The summed E-state index contributed by atoms with van der Waals surface area (Å²) in [7, 11) is 0. The standard InChI is InChI=1S/C58H110O6/c1-4-7-10-13-16-19-21-23-24-25-26-27-28-29-30-31-32-33-34-36-37-39-42-45-48-51-57(60)63-54-55(53-62-56(59)50-47-44-41-18-15-12-9-6-3)64-58(61)52-49-46-43-40-38-35-22-20-17-14-11-8-5-2/h25-26,55H,4-24,27-54H2,1-3H3/b26-25-. The molecule has 64 heavy (non-hydrogen) atoms. The molecular weight excluding hydrogens is 793 g/mol. The Labute approximate surface area is 399 Å². The van der Waals surface area contributed by atoms with Crippen LogP contribution in [0.3, 0.4) is 0 Å². The zero-order valence-electron chi connectivity index (χ0n) is 43.3. The largest absolute Gasteiger partial charge is 0.462 e. The van der Waals surface area contributed by atoms with Crippen LogP contribution in [-0.2, 0) is 28.6 Å². The van der Waals surface area contributed by atoms with Crippen molar-refractivity contribution in [2.24, 2.45) is 0 Å². The number of hydrogen-bond acceptors (Lipinski definition) is 6. The molecule has 0 rings (SSSR count). The van der Waals surface area contributed by atoms with E-state index >= 15 is 0 Å². The Morgan fingerprint density at radius 1 is 0.297 bits per heavy atom. The first kappa shape index (κ1) is 62.1. The maximum Gasteiger partial charge on any atom is 0.306 e. The summed E-state index contributed by atoms with van der Waals surface area (Å²) in [5.74, 6) is -0.849. The lowest BCUT2D eigenvalue weighted by Gasteiger charge is -2.18. The fourth-order valence-corrected chi connectivity index (χ4v) is 8.68. The van der Waals surface area contributed by atoms with Gasteiger partial charge in [0.25, 0.3) is 0 Å². The first-order valence-electron chi connectivity index (χ1n) is 28.7. The minimum absolute atomic E-state index is 0.0645.